The van der Waals surface area contributed by atoms with Crippen molar-refractivity contribution in [2.45, 2.75) is 39.9 Å². The Morgan fingerprint density at radius 1 is 1.05 bits per heavy atom. The highest BCUT2D eigenvalue weighted by atomic mass is 16.7. The van der Waals surface area contributed by atoms with Crippen molar-refractivity contribution < 1.29 is 19.0 Å². The molecule has 4 nitrogen and oxygen atoms in total. The van der Waals surface area contributed by atoms with Crippen LogP contribution in [0.1, 0.15) is 44.0 Å². The Hall–Kier alpha value is -1.39. The molecule has 0 saturated carbocycles. The maximum atomic E-state index is 12.1. The van der Waals surface area contributed by atoms with Crippen LogP contribution in [0.25, 0.3) is 0 Å². The Kier molecular flexibility index (Phi) is 7.92. The molecule has 0 aromatic heterocycles. The molecule has 1 aromatic carbocycles. The van der Waals surface area contributed by atoms with Crippen molar-refractivity contribution in [1.82, 2.24) is 0 Å². The predicted octanol–water partition coefficient (Wildman–Crippen LogP) is 3.45. The normalized spacial score (nSPS) is 10.8. The van der Waals surface area contributed by atoms with Gasteiger partial charge in [0.05, 0.1) is 13.0 Å². The van der Waals surface area contributed by atoms with E-state index in [1.165, 1.54) is 0 Å². The molecule has 0 saturated heterocycles. The summed E-state index contributed by atoms with van der Waals surface area (Å²) >= 11 is 0. The van der Waals surface area contributed by atoms with Crippen molar-refractivity contribution in [2.24, 2.45) is 0 Å². The van der Waals surface area contributed by atoms with Crippen molar-refractivity contribution in [3.8, 4) is 5.75 Å². The first kappa shape index (κ1) is 16.7. The minimum atomic E-state index is -0.464. The zero-order valence-electron chi connectivity index (χ0n) is 12.6. The van der Waals surface area contributed by atoms with E-state index in [1.54, 1.807) is 12.1 Å². The lowest BCUT2D eigenvalue weighted by atomic mass is 10.1. The number of benzene rings is 1. The summed E-state index contributed by atoms with van der Waals surface area (Å²) in [5, 5.41) is 0. The topological polar surface area (TPSA) is 44.8 Å². The average Bonchev–Trinajstić information content (AvgIpc) is 2.46. The van der Waals surface area contributed by atoms with E-state index in [-0.39, 0.29) is 12.2 Å². The summed E-state index contributed by atoms with van der Waals surface area (Å²) in [5.41, 5.74) is 0.651. The van der Waals surface area contributed by atoms with Crippen LogP contribution in [-0.2, 0) is 9.47 Å². The molecule has 112 valence electrons. The molecular weight excluding hydrogens is 256 g/mol. The van der Waals surface area contributed by atoms with Gasteiger partial charge in [-0.3, -0.25) is 4.79 Å². The maximum Gasteiger partial charge on any atom is 0.167 e. The molecule has 0 heterocycles. The van der Waals surface area contributed by atoms with Gasteiger partial charge >= 0.3 is 0 Å². The summed E-state index contributed by atoms with van der Waals surface area (Å²) in [4.78, 5) is 12.1. The molecule has 1 aromatic rings. The number of ketones is 1. The monoisotopic (exact) mass is 280 g/mol. The van der Waals surface area contributed by atoms with E-state index >= 15 is 0 Å². The zero-order chi connectivity index (χ0) is 14.8. The molecule has 0 N–H and O–H groups in total. The number of carbonyl (C=O) groups excluding carboxylic acids is 1. The van der Waals surface area contributed by atoms with Gasteiger partial charge in [0.25, 0.3) is 0 Å². The van der Waals surface area contributed by atoms with E-state index in [0.29, 0.717) is 25.4 Å². The second-order valence-corrected chi connectivity index (χ2v) is 4.34. The van der Waals surface area contributed by atoms with Crippen LogP contribution >= 0.6 is 0 Å². The Morgan fingerprint density at radius 2 is 1.65 bits per heavy atom. The van der Waals surface area contributed by atoms with Gasteiger partial charge in [-0.2, -0.15) is 0 Å². The van der Waals surface area contributed by atoms with E-state index in [1.807, 2.05) is 26.0 Å². The smallest absolute Gasteiger partial charge is 0.167 e. The first-order valence-corrected chi connectivity index (χ1v) is 7.20. The molecule has 0 radical (unpaired) electrons. The van der Waals surface area contributed by atoms with Gasteiger partial charge in [-0.05, 0) is 44.5 Å². The third kappa shape index (κ3) is 5.72. The Bertz CT molecular complexity index is 380. The highest BCUT2D eigenvalue weighted by Crippen LogP contribution is 2.15. The Morgan fingerprint density at radius 3 is 2.15 bits per heavy atom. The van der Waals surface area contributed by atoms with Crippen LogP contribution in [0.4, 0.5) is 0 Å². The predicted molar refractivity (Wildman–Crippen MR) is 78.2 cm³/mol. The highest BCUT2D eigenvalue weighted by molar-refractivity contribution is 5.96. The molecule has 0 spiro atoms. The quantitative estimate of drug-likeness (QED) is 0.486. The average molecular weight is 280 g/mol. The van der Waals surface area contributed by atoms with Gasteiger partial charge in [-0.15, -0.1) is 0 Å². The lowest BCUT2D eigenvalue weighted by Crippen LogP contribution is -2.21. The largest absolute Gasteiger partial charge is 0.494 e. The van der Waals surface area contributed by atoms with Gasteiger partial charge in [0.2, 0.25) is 0 Å². The lowest BCUT2D eigenvalue weighted by Gasteiger charge is -2.16. The lowest BCUT2D eigenvalue weighted by molar-refractivity contribution is -0.133. The first-order valence-electron chi connectivity index (χ1n) is 7.20. The zero-order valence-corrected chi connectivity index (χ0v) is 12.6. The van der Waals surface area contributed by atoms with Crippen LogP contribution in [-0.4, -0.2) is 31.9 Å². The van der Waals surface area contributed by atoms with Gasteiger partial charge in [0, 0.05) is 18.8 Å². The number of Topliss-reactive ketones (excluding diaryl/α,β-unsaturated/α-hetero) is 1. The number of rotatable bonds is 10. The molecule has 0 bridgehead atoms. The Labute approximate surface area is 121 Å². The van der Waals surface area contributed by atoms with Crippen molar-refractivity contribution in [3.63, 3.8) is 0 Å². The molecule has 0 fully saturated rings. The third-order valence-electron chi connectivity index (χ3n) is 2.71. The van der Waals surface area contributed by atoms with Crippen LogP contribution in [0.15, 0.2) is 24.3 Å². The molecule has 0 aliphatic rings. The second kappa shape index (κ2) is 9.50. The van der Waals surface area contributed by atoms with Crippen LogP contribution < -0.4 is 4.74 Å². The maximum absolute atomic E-state index is 12.1. The molecule has 20 heavy (non-hydrogen) atoms. The standard InChI is InChI=1S/C16H24O4/c1-4-11-20-14-9-7-13(8-10-14)15(17)12-16(18-5-2)19-6-3/h7-10,16H,4-6,11-12H2,1-3H3. The fraction of sp³-hybridized carbons (Fsp3) is 0.562. The molecular formula is C16H24O4. The van der Waals surface area contributed by atoms with Crippen molar-refractivity contribution >= 4 is 5.78 Å². The minimum absolute atomic E-state index is 0.0129. The van der Waals surface area contributed by atoms with Gasteiger partial charge in [-0.25, -0.2) is 0 Å². The first-order chi connectivity index (χ1) is 9.71. The number of hydrogen-bond donors (Lipinski definition) is 0. The van der Waals surface area contributed by atoms with Gasteiger partial charge in [0.15, 0.2) is 12.1 Å². The SMILES string of the molecule is CCCOc1ccc(C(=O)CC(OCC)OCC)cc1. The molecule has 0 aliphatic carbocycles. The molecule has 1 rings (SSSR count). The summed E-state index contributed by atoms with van der Waals surface area (Å²) in [6.07, 6.45) is 0.732. The molecule has 4 heteroatoms. The van der Waals surface area contributed by atoms with Crippen molar-refractivity contribution in [3.05, 3.63) is 29.8 Å². The van der Waals surface area contributed by atoms with Crippen LogP contribution in [0, 0.1) is 0 Å². The second-order valence-electron chi connectivity index (χ2n) is 4.34. The van der Waals surface area contributed by atoms with E-state index in [0.717, 1.165) is 12.2 Å². The van der Waals surface area contributed by atoms with Crippen LogP contribution in [0.2, 0.25) is 0 Å². The minimum Gasteiger partial charge on any atom is -0.494 e. The fourth-order valence-electron chi connectivity index (χ4n) is 1.76. The Balaban J connectivity index is 2.57. The van der Waals surface area contributed by atoms with E-state index in [2.05, 4.69) is 6.92 Å². The van der Waals surface area contributed by atoms with Crippen LogP contribution in [0.3, 0.4) is 0 Å². The van der Waals surface area contributed by atoms with Gasteiger partial charge in [-0.1, -0.05) is 6.92 Å². The summed E-state index contributed by atoms with van der Waals surface area (Å²) < 4.78 is 16.3. The van der Waals surface area contributed by atoms with Gasteiger partial charge < -0.3 is 14.2 Å². The summed E-state index contributed by atoms with van der Waals surface area (Å²) in [6, 6.07) is 7.20. The molecule has 0 aliphatic heterocycles. The van der Waals surface area contributed by atoms with Crippen molar-refractivity contribution in [1.29, 1.82) is 0 Å². The van der Waals surface area contributed by atoms with Crippen molar-refractivity contribution in [2.75, 3.05) is 19.8 Å². The van der Waals surface area contributed by atoms with E-state index in [9.17, 15) is 4.79 Å². The number of ether oxygens (including phenoxy) is 3. The third-order valence-corrected chi connectivity index (χ3v) is 2.71. The molecule has 0 atom stereocenters. The number of carbonyl (C=O) groups is 1. The summed E-state index contributed by atoms with van der Waals surface area (Å²) in [5.74, 6) is 0.800. The molecule has 0 unspecified atom stereocenters. The van der Waals surface area contributed by atoms with E-state index < -0.39 is 6.29 Å². The number of hydrogen-bond acceptors (Lipinski definition) is 4. The fourth-order valence-corrected chi connectivity index (χ4v) is 1.76. The van der Waals surface area contributed by atoms with Gasteiger partial charge in [0.1, 0.15) is 5.75 Å². The summed E-state index contributed by atoms with van der Waals surface area (Å²) in [6.45, 7) is 7.57. The van der Waals surface area contributed by atoms with Crippen LogP contribution in [0.5, 0.6) is 5.75 Å². The molecule has 0 amide bonds. The summed E-state index contributed by atoms with van der Waals surface area (Å²) in [7, 11) is 0. The highest BCUT2D eigenvalue weighted by Gasteiger charge is 2.15. The van der Waals surface area contributed by atoms with E-state index in [4.69, 9.17) is 14.2 Å².